The quantitative estimate of drug-likeness (QED) is 0.518. The molecule has 0 unspecified atom stereocenters. The average Bonchev–Trinajstić information content (AvgIpc) is 1.91. The number of rotatable bonds is 0. The zero-order valence-electron chi connectivity index (χ0n) is 6.09. The second-order valence-electron chi connectivity index (χ2n) is 1.97. The van der Waals surface area contributed by atoms with Crippen LogP contribution in [0.3, 0.4) is 0 Å². The van der Waals surface area contributed by atoms with Gasteiger partial charge in [-0.05, 0) is 12.0 Å². The fraction of sp³-hybridized carbons (Fsp3) is 0.833. The van der Waals surface area contributed by atoms with E-state index < -0.39 is 0 Å². The van der Waals surface area contributed by atoms with Crippen LogP contribution in [0.25, 0.3) is 0 Å². The smallest absolute Gasteiger partial charge is 0.135 e. The Morgan fingerprint density at radius 3 is 2.10 bits per heavy atom. The molecule has 1 rings (SSSR count). The largest absolute Gasteiger partial charge is 0.330 e. The molecule has 0 atom stereocenters. The minimum absolute atomic E-state index is 0.402. The summed E-state index contributed by atoms with van der Waals surface area (Å²) in [6, 6.07) is 0. The van der Waals surface area contributed by atoms with Crippen LogP contribution in [-0.2, 0) is 4.79 Å². The van der Waals surface area contributed by atoms with Crippen LogP contribution < -0.4 is 5.32 Å². The first-order chi connectivity index (χ1) is 4.81. The Kier molecular flexibility index (Phi) is 7.01. The van der Waals surface area contributed by atoms with Crippen molar-refractivity contribution in [2.24, 2.45) is 0 Å². The molecule has 2 N–H and O–H groups in total. The number of carbonyl (C=O) groups excluding carboxylic acids is 1. The molecule has 1 saturated heterocycles. The molecular formula is C6H13NO2S. The van der Waals surface area contributed by atoms with Gasteiger partial charge in [0.1, 0.15) is 5.78 Å². The summed E-state index contributed by atoms with van der Waals surface area (Å²) in [5.74, 6) is 0.402. The molecule has 1 aliphatic heterocycles. The van der Waals surface area contributed by atoms with Crippen molar-refractivity contribution in [3.8, 4) is 0 Å². The minimum Gasteiger partial charge on any atom is -0.330 e. The Morgan fingerprint density at radius 1 is 1.50 bits per heavy atom. The molecule has 0 saturated carbocycles. The molecule has 3 nitrogen and oxygen atoms in total. The number of Topliss-reactive ketones (excluding diaryl/α,β-unsaturated/α-hetero) is 1. The molecule has 10 heavy (non-hydrogen) atoms. The predicted molar refractivity (Wildman–Crippen MR) is 43.3 cm³/mol. The molecule has 0 radical (unpaired) electrons. The van der Waals surface area contributed by atoms with Gasteiger partial charge in [0.2, 0.25) is 0 Å². The SMILES string of the molecule is CSO.O=C1CCNCC1. The molecule has 0 aliphatic carbocycles. The van der Waals surface area contributed by atoms with Crippen molar-refractivity contribution < 1.29 is 9.35 Å². The zero-order chi connectivity index (χ0) is 7.82. The lowest BCUT2D eigenvalue weighted by atomic mass is 10.1. The fourth-order valence-electron chi connectivity index (χ4n) is 0.706. The number of carbonyl (C=O) groups is 1. The van der Waals surface area contributed by atoms with E-state index in [9.17, 15) is 4.79 Å². The summed E-state index contributed by atoms with van der Waals surface area (Å²) < 4.78 is 7.49. The molecule has 0 aromatic rings. The molecule has 60 valence electrons. The van der Waals surface area contributed by atoms with Gasteiger partial charge in [0.15, 0.2) is 0 Å². The molecule has 0 aromatic carbocycles. The van der Waals surface area contributed by atoms with Crippen LogP contribution in [0, 0.1) is 0 Å². The van der Waals surface area contributed by atoms with Crippen LogP contribution >= 0.6 is 12.0 Å². The van der Waals surface area contributed by atoms with Gasteiger partial charge in [0, 0.05) is 32.2 Å². The summed E-state index contributed by atoms with van der Waals surface area (Å²) >= 11 is 0.750. The molecule has 0 amide bonds. The van der Waals surface area contributed by atoms with E-state index in [0.29, 0.717) is 5.78 Å². The van der Waals surface area contributed by atoms with Crippen LogP contribution in [0.15, 0.2) is 0 Å². The highest BCUT2D eigenvalue weighted by Gasteiger charge is 2.04. The van der Waals surface area contributed by atoms with Crippen molar-refractivity contribution in [3.63, 3.8) is 0 Å². The topological polar surface area (TPSA) is 49.3 Å². The van der Waals surface area contributed by atoms with E-state index in [1.165, 1.54) is 0 Å². The van der Waals surface area contributed by atoms with Gasteiger partial charge in [-0.3, -0.25) is 4.79 Å². The van der Waals surface area contributed by atoms with Crippen LogP contribution in [0.4, 0.5) is 0 Å². The van der Waals surface area contributed by atoms with Gasteiger partial charge in [-0.25, -0.2) is 0 Å². The Bertz CT molecular complexity index is 89.7. The Labute approximate surface area is 65.4 Å². The number of ketones is 1. The van der Waals surface area contributed by atoms with E-state index in [0.717, 1.165) is 38.0 Å². The second-order valence-corrected chi connectivity index (χ2v) is 2.34. The third-order valence-electron chi connectivity index (χ3n) is 1.16. The predicted octanol–water partition coefficient (Wildman–Crippen LogP) is 0.761. The first-order valence-corrected chi connectivity index (χ1v) is 4.39. The van der Waals surface area contributed by atoms with Crippen molar-refractivity contribution in [2.45, 2.75) is 12.8 Å². The average molecular weight is 163 g/mol. The van der Waals surface area contributed by atoms with E-state index in [4.69, 9.17) is 4.55 Å². The Hall–Kier alpha value is -0.0600. The first-order valence-electron chi connectivity index (χ1n) is 3.21. The lowest BCUT2D eigenvalue weighted by molar-refractivity contribution is -0.119. The molecule has 0 bridgehead atoms. The first kappa shape index (κ1) is 9.94. The molecule has 1 heterocycles. The third kappa shape index (κ3) is 6.07. The van der Waals surface area contributed by atoms with Crippen molar-refractivity contribution in [1.82, 2.24) is 5.32 Å². The maximum Gasteiger partial charge on any atom is 0.135 e. The van der Waals surface area contributed by atoms with Crippen molar-refractivity contribution in [2.75, 3.05) is 19.3 Å². The summed E-state index contributed by atoms with van der Waals surface area (Å²) in [5, 5.41) is 3.09. The van der Waals surface area contributed by atoms with Gasteiger partial charge in [-0.2, -0.15) is 0 Å². The Balaban J connectivity index is 0.000000236. The van der Waals surface area contributed by atoms with Crippen molar-refractivity contribution >= 4 is 17.8 Å². The molecule has 0 spiro atoms. The van der Waals surface area contributed by atoms with Gasteiger partial charge in [-0.15, -0.1) is 0 Å². The lowest BCUT2D eigenvalue weighted by Crippen LogP contribution is -2.27. The minimum atomic E-state index is 0.402. The number of hydrogen-bond acceptors (Lipinski definition) is 4. The molecule has 1 fully saturated rings. The van der Waals surface area contributed by atoms with E-state index in [2.05, 4.69) is 5.32 Å². The standard InChI is InChI=1S/C5H9NO.CH4OS/c7-5-1-3-6-4-2-5;1-3-2/h6H,1-4H2;2H,1H3. The van der Waals surface area contributed by atoms with Gasteiger partial charge in [0.25, 0.3) is 0 Å². The molecule has 1 aliphatic rings. The van der Waals surface area contributed by atoms with Gasteiger partial charge >= 0.3 is 0 Å². The van der Waals surface area contributed by atoms with Crippen LogP contribution in [0.1, 0.15) is 12.8 Å². The monoisotopic (exact) mass is 163 g/mol. The third-order valence-corrected chi connectivity index (χ3v) is 1.16. The maximum absolute atomic E-state index is 10.4. The summed E-state index contributed by atoms with van der Waals surface area (Å²) in [5.41, 5.74) is 0. The number of nitrogens with one attached hydrogen (secondary N) is 1. The normalized spacial score (nSPS) is 17.6. The van der Waals surface area contributed by atoms with E-state index in [-0.39, 0.29) is 0 Å². The summed E-state index contributed by atoms with van der Waals surface area (Å²) in [4.78, 5) is 10.4. The van der Waals surface area contributed by atoms with Gasteiger partial charge < -0.3 is 9.87 Å². The van der Waals surface area contributed by atoms with E-state index in [1.54, 1.807) is 6.26 Å². The summed E-state index contributed by atoms with van der Waals surface area (Å²) in [7, 11) is 0. The van der Waals surface area contributed by atoms with Crippen LogP contribution in [-0.4, -0.2) is 29.7 Å². The van der Waals surface area contributed by atoms with E-state index >= 15 is 0 Å². The second kappa shape index (κ2) is 7.05. The lowest BCUT2D eigenvalue weighted by Gasteiger charge is -2.08. The zero-order valence-corrected chi connectivity index (χ0v) is 6.91. The maximum atomic E-state index is 10.4. The van der Waals surface area contributed by atoms with Gasteiger partial charge in [-0.1, -0.05) is 0 Å². The molecule has 4 heteroatoms. The Morgan fingerprint density at radius 2 is 1.90 bits per heavy atom. The summed E-state index contributed by atoms with van der Waals surface area (Å²) in [6.07, 6.45) is 3.07. The number of hydrogen-bond donors (Lipinski definition) is 2. The molecular weight excluding hydrogens is 150 g/mol. The van der Waals surface area contributed by atoms with Crippen molar-refractivity contribution in [1.29, 1.82) is 0 Å². The van der Waals surface area contributed by atoms with Crippen LogP contribution in [0.5, 0.6) is 0 Å². The van der Waals surface area contributed by atoms with Crippen molar-refractivity contribution in [3.05, 3.63) is 0 Å². The molecule has 0 aromatic heterocycles. The highest BCUT2D eigenvalue weighted by molar-refractivity contribution is 7.93. The highest BCUT2D eigenvalue weighted by atomic mass is 32.2. The number of piperidine rings is 1. The van der Waals surface area contributed by atoms with E-state index in [1.807, 2.05) is 0 Å². The summed E-state index contributed by atoms with van der Waals surface area (Å²) in [6.45, 7) is 1.78. The fourth-order valence-corrected chi connectivity index (χ4v) is 0.706. The highest BCUT2D eigenvalue weighted by Crippen LogP contribution is 1.91. The van der Waals surface area contributed by atoms with Crippen LogP contribution in [0.2, 0.25) is 0 Å². The van der Waals surface area contributed by atoms with Gasteiger partial charge in [0.05, 0.1) is 0 Å².